The molecule has 0 aliphatic heterocycles. The predicted molar refractivity (Wildman–Crippen MR) is 71.9 cm³/mol. The first-order chi connectivity index (χ1) is 9.10. The van der Waals surface area contributed by atoms with Crippen molar-refractivity contribution in [3.63, 3.8) is 0 Å². The number of ketones is 1. The molecule has 104 valence electrons. The van der Waals surface area contributed by atoms with Crippen LogP contribution in [0.5, 0.6) is 0 Å². The molecule has 0 N–H and O–H groups in total. The molecule has 0 saturated carbocycles. The van der Waals surface area contributed by atoms with Gasteiger partial charge in [-0.1, -0.05) is 37.3 Å². The van der Waals surface area contributed by atoms with E-state index in [4.69, 9.17) is 9.47 Å². The van der Waals surface area contributed by atoms with Gasteiger partial charge in [0.15, 0.2) is 5.78 Å². The molecule has 0 aliphatic carbocycles. The Hall–Kier alpha value is -1.68. The molecule has 0 amide bonds. The van der Waals surface area contributed by atoms with Crippen molar-refractivity contribution < 1.29 is 19.1 Å². The van der Waals surface area contributed by atoms with E-state index in [1.165, 1.54) is 7.11 Å². The molecule has 0 bridgehead atoms. The van der Waals surface area contributed by atoms with E-state index in [-0.39, 0.29) is 24.7 Å². The molecule has 19 heavy (non-hydrogen) atoms. The van der Waals surface area contributed by atoms with Gasteiger partial charge in [-0.2, -0.15) is 0 Å². The van der Waals surface area contributed by atoms with Gasteiger partial charge in [-0.05, 0) is 18.4 Å². The van der Waals surface area contributed by atoms with Crippen LogP contribution in [0.1, 0.15) is 31.7 Å². The number of rotatable bonds is 7. The highest BCUT2D eigenvalue weighted by atomic mass is 16.6. The van der Waals surface area contributed by atoms with Gasteiger partial charge in [0.25, 0.3) is 0 Å². The summed E-state index contributed by atoms with van der Waals surface area (Å²) in [5.41, 5.74) is 1.06. The summed E-state index contributed by atoms with van der Waals surface area (Å²) >= 11 is 0. The lowest BCUT2D eigenvalue weighted by Gasteiger charge is -2.16. The van der Waals surface area contributed by atoms with Crippen LogP contribution >= 0.6 is 0 Å². The summed E-state index contributed by atoms with van der Waals surface area (Å²) in [6, 6.07) is 9.70. The minimum atomic E-state index is -1.12. The Labute approximate surface area is 113 Å². The van der Waals surface area contributed by atoms with Gasteiger partial charge in [0.1, 0.15) is 0 Å². The molecule has 0 aromatic heterocycles. The predicted octanol–water partition coefficient (Wildman–Crippen LogP) is 2.33. The minimum Gasteiger partial charge on any atom is -0.464 e. The second-order valence-electron chi connectivity index (χ2n) is 4.35. The van der Waals surface area contributed by atoms with Crippen molar-refractivity contribution in [1.29, 1.82) is 0 Å². The summed E-state index contributed by atoms with van der Waals surface area (Å²) in [6.45, 7) is 3.88. The fraction of sp³-hybridized carbons (Fsp3) is 0.467. The van der Waals surface area contributed by atoms with Crippen LogP contribution in [0.25, 0.3) is 0 Å². The van der Waals surface area contributed by atoms with Crippen molar-refractivity contribution in [2.45, 2.75) is 32.3 Å². The van der Waals surface area contributed by atoms with Gasteiger partial charge in [0.2, 0.25) is 6.10 Å². The summed E-state index contributed by atoms with van der Waals surface area (Å²) in [5, 5.41) is 0. The third kappa shape index (κ3) is 4.48. The molecule has 0 radical (unpaired) electrons. The first kappa shape index (κ1) is 15.4. The third-order valence-electron chi connectivity index (χ3n) is 2.90. The van der Waals surface area contributed by atoms with Crippen LogP contribution in [0.2, 0.25) is 0 Å². The lowest BCUT2D eigenvalue weighted by atomic mass is 9.94. The van der Waals surface area contributed by atoms with Crippen molar-refractivity contribution in [1.82, 2.24) is 0 Å². The maximum Gasteiger partial charge on any atom is 0.343 e. The van der Waals surface area contributed by atoms with Gasteiger partial charge in [0.05, 0.1) is 6.61 Å². The minimum absolute atomic E-state index is 0.0424. The van der Waals surface area contributed by atoms with E-state index >= 15 is 0 Å². The van der Waals surface area contributed by atoms with Crippen molar-refractivity contribution in [2.75, 3.05) is 13.7 Å². The number of benzene rings is 1. The number of methoxy groups -OCH3 is 1. The fourth-order valence-electron chi connectivity index (χ4n) is 1.89. The molecule has 4 nitrogen and oxygen atoms in total. The first-order valence-electron chi connectivity index (χ1n) is 6.37. The molecule has 0 fully saturated rings. The molecule has 0 spiro atoms. The van der Waals surface area contributed by atoms with Crippen LogP contribution in [0.15, 0.2) is 30.3 Å². The monoisotopic (exact) mass is 264 g/mol. The smallest absolute Gasteiger partial charge is 0.343 e. The van der Waals surface area contributed by atoms with Crippen LogP contribution in [0.4, 0.5) is 0 Å². The zero-order valence-electron chi connectivity index (χ0n) is 11.6. The fourth-order valence-corrected chi connectivity index (χ4v) is 1.89. The lowest BCUT2D eigenvalue weighted by Crippen LogP contribution is -2.34. The molecule has 2 atom stereocenters. The van der Waals surface area contributed by atoms with Crippen LogP contribution in [0, 0.1) is 0 Å². The summed E-state index contributed by atoms with van der Waals surface area (Å²) < 4.78 is 9.76. The first-order valence-corrected chi connectivity index (χ1v) is 6.37. The SMILES string of the molecule is CCOC(=O)C(OC)C(=O)CC(C)c1ccccc1. The van der Waals surface area contributed by atoms with Gasteiger partial charge in [0, 0.05) is 13.5 Å². The van der Waals surface area contributed by atoms with Crippen molar-refractivity contribution >= 4 is 11.8 Å². The molecule has 0 aliphatic rings. The van der Waals surface area contributed by atoms with Crippen LogP contribution in [-0.4, -0.2) is 31.6 Å². The Morgan fingerprint density at radius 1 is 1.21 bits per heavy atom. The zero-order chi connectivity index (χ0) is 14.3. The highest BCUT2D eigenvalue weighted by Gasteiger charge is 2.28. The molecule has 1 rings (SSSR count). The number of hydrogen-bond donors (Lipinski definition) is 0. The molecular formula is C15H20O4. The van der Waals surface area contributed by atoms with Crippen LogP contribution in [-0.2, 0) is 19.1 Å². The highest BCUT2D eigenvalue weighted by Crippen LogP contribution is 2.20. The van der Waals surface area contributed by atoms with E-state index in [2.05, 4.69) is 0 Å². The van der Waals surface area contributed by atoms with Crippen molar-refractivity contribution in [3.8, 4) is 0 Å². The molecule has 1 aromatic carbocycles. The summed E-state index contributed by atoms with van der Waals surface area (Å²) in [7, 11) is 1.34. The second kappa shape index (κ2) is 7.69. The van der Waals surface area contributed by atoms with E-state index in [0.29, 0.717) is 0 Å². The Morgan fingerprint density at radius 3 is 2.37 bits per heavy atom. The number of carbonyl (C=O) groups is 2. The largest absolute Gasteiger partial charge is 0.464 e. The van der Waals surface area contributed by atoms with Crippen LogP contribution in [0.3, 0.4) is 0 Å². The molecule has 2 unspecified atom stereocenters. The molecular weight excluding hydrogens is 244 g/mol. The number of ether oxygens (including phenoxy) is 2. The Kier molecular flexibility index (Phi) is 6.22. The topological polar surface area (TPSA) is 52.6 Å². The number of Topliss-reactive ketones (excluding diaryl/α,β-unsaturated/α-hetero) is 1. The number of esters is 1. The summed E-state index contributed by atoms with van der Waals surface area (Å²) in [6.07, 6.45) is -0.868. The Morgan fingerprint density at radius 2 is 1.84 bits per heavy atom. The van der Waals surface area contributed by atoms with Crippen molar-refractivity contribution in [2.24, 2.45) is 0 Å². The third-order valence-corrected chi connectivity index (χ3v) is 2.90. The standard InChI is InChI=1S/C15H20O4/c1-4-19-15(17)14(18-3)13(16)10-11(2)12-8-6-5-7-9-12/h5-9,11,14H,4,10H2,1-3H3. The lowest BCUT2D eigenvalue weighted by molar-refractivity contribution is -0.159. The van der Waals surface area contributed by atoms with Gasteiger partial charge in [-0.3, -0.25) is 4.79 Å². The van der Waals surface area contributed by atoms with Crippen molar-refractivity contribution in [3.05, 3.63) is 35.9 Å². The average molecular weight is 264 g/mol. The summed E-state index contributed by atoms with van der Waals surface area (Å²) in [4.78, 5) is 23.6. The number of hydrogen-bond acceptors (Lipinski definition) is 4. The normalized spacial score (nSPS) is 13.6. The maximum absolute atomic E-state index is 12.0. The van der Waals surface area contributed by atoms with E-state index < -0.39 is 12.1 Å². The summed E-state index contributed by atoms with van der Waals surface area (Å²) in [5.74, 6) is -0.826. The molecule has 0 saturated heterocycles. The van der Waals surface area contributed by atoms with Crippen LogP contribution < -0.4 is 0 Å². The molecule has 4 heteroatoms. The quantitative estimate of drug-likeness (QED) is 0.560. The van der Waals surface area contributed by atoms with E-state index in [9.17, 15) is 9.59 Å². The van der Waals surface area contributed by atoms with Gasteiger partial charge in [-0.15, -0.1) is 0 Å². The zero-order valence-corrected chi connectivity index (χ0v) is 11.6. The van der Waals surface area contributed by atoms with E-state index in [1.54, 1.807) is 6.92 Å². The van der Waals surface area contributed by atoms with Gasteiger partial charge < -0.3 is 9.47 Å². The Balaban J connectivity index is 2.65. The molecule has 0 heterocycles. The highest BCUT2D eigenvalue weighted by molar-refractivity contribution is 6.02. The maximum atomic E-state index is 12.0. The van der Waals surface area contributed by atoms with E-state index in [1.807, 2.05) is 37.3 Å². The molecule has 1 aromatic rings. The van der Waals surface area contributed by atoms with Gasteiger partial charge in [-0.25, -0.2) is 4.79 Å². The second-order valence-corrected chi connectivity index (χ2v) is 4.35. The average Bonchev–Trinajstić information content (AvgIpc) is 2.40. The Bertz CT molecular complexity index is 413. The van der Waals surface area contributed by atoms with E-state index in [0.717, 1.165) is 5.56 Å². The van der Waals surface area contributed by atoms with Gasteiger partial charge >= 0.3 is 5.97 Å². The number of carbonyl (C=O) groups excluding carboxylic acids is 2.